The third-order valence-electron chi connectivity index (χ3n) is 5.24. The smallest absolute Gasteiger partial charge is 0.335 e. The van der Waals surface area contributed by atoms with Gasteiger partial charge >= 0.3 is 12.2 Å². The van der Waals surface area contributed by atoms with Crippen molar-refractivity contribution in [2.75, 3.05) is 5.32 Å². The lowest BCUT2D eigenvalue weighted by Crippen LogP contribution is -2.42. The van der Waals surface area contributed by atoms with Crippen LogP contribution in [-0.4, -0.2) is 12.1 Å². The SMILES string of the molecule is C[C@H](NC(=O)Nc1cccc(C(F)(F)F)c1)[C@H]1C[C@@H]2CC[C@H]1C2. The van der Waals surface area contributed by atoms with Gasteiger partial charge in [-0.2, -0.15) is 13.2 Å². The van der Waals surface area contributed by atoms with E-state index in [-0.39, 0.29) is 11.7 Å². The number of fused-ring (bicyclic) bond motifs is 2. The van der Waals surface area contributed by atoms with Gasteiger partial charge in [-0.25, -0.2) is 4.79 Å². The molecule has 1 aromatic rings. The van der Waals surface area contributed by atoms with Crippen molar-refractivity contribution in [1.82, 2.24) is 5.32 Å². The summed E-state index contributed by atoms with van der Waals surface area (Å²) in [7, 11) is 0. The van der Waals surface area contributed by atoms with E-state index in [0.717, 1.165) is 24.5 Å². The number of hydrogen-bond acceptors (Lipinski definition) is 1. The molecule has 0 radical (unpaired) electrons. The molecule has 2 aliphatic carbocycles. The largest absolute Gasteiger partial charge is 0.416 e. The third kappa shape index (κ3) is 3.62. The van der Waals surface area contributed by atoms with Crippen LogP contribution in [0.5, 0.6) is 0 Å². The van der Waals surface area contributed by atoms with E-state index in [1.54, 1.807) is 0 Å². The molecule has 4 atom stereocenters. The van der Waals surface area contributed by atoms with Crippen LogP contribution in [0.4, 0.5) is 23.7 Å². The predicted octanol–water partition coefficient (Wildman–Crippen LogP) is 4.65. The Bertz CT molecular complexity index is 587. The Morgan fingerprint density at radius 2 is 2.04 bits per heavy atom. The topological polar surface area (TPSA) is 41.1 Å². The van der Waals surface area contributed by atoms with Gasteiger partial charge in [0, 0.05) is 11.7 Å². The third-order valence-corrected chi connectivity index (χ3v) is 5.24. The zero-order valence-corrected chi connectivity index (χ0v) is 13.0. The summed E-state index contributed by atoms with van der Waals surface area (Å²) in [6, 6.07) is 4.27. The fraction of sp³-hybridized carbons (Fsp3) is 0.588. The average Bonchev–Trinajstić information content (AvgIpc) is 3.09. The lowest BCUT2D eigenvalue weighted by atomic mass is 9.84. The number of benzene rings is 1. The molecule has 0 heterocycles. The lowest BCUT2D eigenvalue weighted by Gasteiger charge is -2.28. The van der Waals surface area contributed by atoms with Crippen LogP contribution in [0.1, 0.15) is 38.2 Å². The first kappa shape index (κ1) is 16.1. The average molecular weight is 326 g/mol. The Morgan fingerprint density at radius 3 is 2.65 bits per heavy atom. The molecule has 0 aromatic heterocycles. The summed E-state index contributed by atoms with van der Waals surface area (Å²) in [5.74, 6) is 1.96. The number of anilines is 1. The van der Waals surface area contributed by atoms with Crippen molar-refractivity contribution < 1.29 is 18.0 Å². The van der Waals surface area contributed by atoms with Crippen LogP contribution in [0.15, 0.2) is 24.3 Å². The molecule has 0 spiro atoms. The summed E-state index contributed by atoms with van der Waals surface area (Å²) < 4.78 is 38.0. The van der Waals surface area contributed by atoms with Gasteiger partial charge in [0.15, 0.2) is 0 Å². The molecule has 2 aliphatic rings. The van der Waals surface area contributed by atoms with E-state index in [1.807, 2.05) is 6.92 Å². The molecule has 126 valence electrons. The number of carbonyl (C=O) groups is 1. The summed E-state index contributed by atoms with van der Waals surface area (Å²) >= 11 is 0. The summed E-state index contributed by atoms with van der Waals surface area (Å²) in [6.07, 6.45) is 0.521. The van der Waals surface area contributed by atoms with Crippen LogP contribution in [0.25, 0.3) is 0 Å². The van der Waals surface area contributed by atoms with Gasteiger partial charge in [-0.05, 0) is 62.1 Å². The molecule has 3 nitrogen and oxygen atoms in total. The fourth-order valence-electron chi connectivity index (χ4n) is 4.16. The van der Waals surface area contributed by atoms with E-state index >= 15 is 0 Å². The number of urea groups is 1. The van der Waals surface area contributed by atoms with Crippen molar-refractivity contribution >= 4 is 11.7 Å². The van der Waals surface area contributed by atoms with Crippen molar-refractivity contribution in [3.05, 3.63) is 29.8 Å². The maximum Gasteiger partial charge on any atom is 0.416 e. The van der Waals surface area contributed by atoms with Crippen molar-refractivity contribution in [3.63, 3.8) is 0 Å². The second-order valence-corrected chi connectivity index (χ2v) is 6.80. The summed E-state index contributed by atoms with van der Waals surface area (Å²) in [5.41, 5.74) is -0.617. The van der Waals surface area contributed by atoms with Gasteiger partial charge in [0.05, 0.1) is 5.56 Å². The molecule has 1 aromatic carbocycles. The standard InChI is InChI=1S/C17H21F3N2O/c1-10(15-8-11-5-6-12(15)7-11)21-16(23)22-14-4-2-3-13(9-14)17(18,19)20/h2-4,9-12,15H,5-8H2,1H3,(H2,21,22,23)/t10-,11+,12-,15+/m0/s1. The highest BCUT2D eigenvalue weighted by molar-refractivity contribution is 5.89. The molecule has 0 aliphatic heterocycles. The highest BCUT2D eigenvalue weighted by atomic mass is 19.4. The molecule has 2 amide bonds. The van der Waals surface area contributed by atoms with E-state index in [0.29, 0.717) is 11.8 Å². The van der Waals surface area contributed by atoms with Gasteiger partial charge in [0.25, 0.3) is 0 Å². The number of halogens is 3. The normalized spacial score (nSPS) is 27.7. The Balaban J connectivity index is 1.57. The highest BCUT2D eigenvalue weighted by Crippen LogP contribution is 2.49. The quantitative estimate of drug-likeness (QED) is 0.834. The Hall–Kier alpha value is -1.72. The molecular formula is C17H21F3N2O. The van der Waals surface area contributed by atoms with E-state index in [2.05, 4.69) is 10.6 Å². The number of alkyl halides is 3. The van der Waals surface area contributed by atoms with Gasteiger partial charge in [-0.15, -0.1) is 0 Å². The van der Waals surface area contributed by atoms with Gasteiger partial charge < -0.3 is 10.6 Å². The van der Waals surface area contributed by atoms with Crippen molar-refractivity contribution in [2.45, 2.75) is 44.8 Å². The number of carbonyl (C=O) groups excluding carboxylic acids is 1. The van der Waals surface area contributed by atoms with E-state index in [4.69, 9.17) is 0 Å². The van der Waals surface area contributed by atoms with Crippen molar-refractivity contribution in [3.8, 4) is 0 Å². The highest BCUT2D eigenvalue weighted by Gasteiger charge is 2.42. The van der Waals surface area contributed by atoms with Crippen LogP contribution in [0.3, 0.4) is 0 Å². The molecule has 0 saturated heterocycles. The molecular weight excluding hydrogens is 305 g/mol. The van der Waals surface area contributed by atoms with Gasteiger partial charge in [-0.3, -0.25) is 0 Å². The predicted molar refractivity (Wildman–Crippen MR) is 82.0 cm³/mol. The van der Waals surface area contributed by atoms with Gasteiger partial charge in [-0.1, -0.05) is 12.5 Å². The van der Waals surface area contributed by atoms with Crippen LogP contribution >= 0.6 is 0 Å². The minimum absolute atomic E-state index is 0.0381. The molecule has 23 heavy (non-hydrogen) atoms. The summed E-state index contributed by atoms with van der Waals surface area (Å²) in [6.45, 7) is 1.98. The van der Waals surface area contributed by atoms with Crippen molar-refractivity contribution in [2.24, 2.45) is 17.8 Å². The minimum Gasteiger partial charge on any atom is -0.335 e. The number of nitrogens with one attached hydrogen (secondary N) is 2. The second-order valence-electron chi connectivity index (χ2n) is 6.80. The molecule has 0 unspecified atom stereocenters. The molecule has 2 saturated carbocycles. The zero-order chi connectivity index (χ0) is 16.6. The number of rotatable bonds is 3. The maximum atomic E-state index is 12.7. The lowest BCUT2D eigenvalue weighted by molar-refractivity contribution is -0.137. The minimum atomic E-state index is -4.41. The van der Waals surface area contributed by atoms with E-state index in [1.165, 1.54) is 31.4 Å². The summed E-state index contributed by atoms with van der Waals surface area (Å²) in [4.78, 5) is 12.0. The monoisotopic (exact) mass is 326 g/mol. The maximum absolute atomic E-state index is 12.7. The van der Waals surface area contributed by atoms with Crippen LogP contribution < -0.4 is 10.6 Å². The second kappa shape index (κ2) is 6.06. The summed E-state index contributed by atoms with van der Waals surface area (Å²) in [5, 5.41) is 5.38. The van der Waals surface area contributed by atoms with Crippen LogP contribution in [-0.2, 0) is 6.18 Å². The first-order chi connectivity index (χ1) is 10.8. The van der Waals surface area contributed by atoms with Crippen LogP contribution in [0.2, 0.25) is 0 Å². The Labute approximate surface area is 133 Å². The number of amides is 2. The van der Waals surface area contributed by atoms with Crippen molar-refractivity contribution in [1.29, 1.82) is 0 Å². The fourth-order valence-corrected chi connectivity index (χ4v) is 4.16. The van der Waals surface area contributed by atoms with Gasteiger partial charge in [0.2, 0.25) is 0 Å². The Morgan fingerprint density at radius 1 is 1.26 bits per heavy atom. The zero-order valence-electron chi connectivity index (χ0n) is 13.0. The molecule has 2 N–H and O–H groups in total. The molecule has 3 rings (SSSR count). The Kier molecular flexibility index (Phi) is 4.25. The molecule has 6 heteroatoms. The first-order valence-electron chi connectivity index (χ1n) is 8.07. The van der Waals surface area contributed by atoms with E-state index in [9.17, 15) is 18.0 Å². The van der Waals surface area contributed by atoms with E-state index < -0.39 is 17.8 Å². The van der Waals surface area contributed by atoms with Crippen LogP contribution in [0, 0.1) is 17.8 Å². The first-order valence-corrected chi connectivity index (χ1v) is 8.07. The molecule has 2 bridgehead atoms. The molecule has 2 fully saturated rings. The number of hydrogen-bond donors (Lipinski definition) is 2. The van der Waals surface area contributed by atoms with Gasteiger partial charge in [0.1, 0.15) is 0 Å².